The first-order valence-electron chi connectivity index (χ1n) is 9.68. The molecule has 1 unspecified atom stereocenters. The van der Waals surface area contributed by atoms with Crippen molar-refractivity contribution < 1.29 is 13.5 Å². The zero-order chi connectivity index (χ0) is 21.3. The van der Waals surface area contributed by atoms with Crippen LogP contribution in [0.1, 0.15) is 22.3 Å². The molecule has 2 aromatic carbocycles. The third kappa shape index (κ3) is 3.73. The summed E-state index contributed by atoms with van der Waals surface area (Å²) >= 11 is 0. The van der Waals surface area contributed by atoms with Gasteiger partial charge in [0.05, 0.1) is 11.2 Å². The topological polar surface area (TPSA) is 60.2 Å². The lowest BCUT2D eigenvalue weighted by atomic mass is 9.74. The highest BCUT2D eigenvalue weighted by molar-refractivity contribution is 5.66. The van der Waals surface area contributed by atoms with E-state index in [4.69, 9.17) is 5.73 Å². The fourth-order valence-electron chi connectivity index (χ4n) is 3.99. The second kappa shape index (κ2) is 7.78. The zero-order valence-electron chi connectivity index (χ0n) is 16.8. The first kappa shape index (κ1) is 19.9. The minimum absolute atomic E-state index is 0.173. The van der Waals surface area contributed by atoms with Crippen LogP contribution in [-0.2, 0) is 5.41 Å². The maximum Gasteiger partial charge on any atom is 0.387 e. The van der Waals surface area contributed by atoms with E-state index in [-0.39, 0.29) is 5.75 Å². The first-order valence-corrected chi connectivity index (χ1v) is 9.68. The van der Waals surface area contributed by atoms with Crippen LogP contribution in [0, 0.1) is 13.8 Å². The molecule has 0 aliphatic carbocycles. The van der Waals surface area contributed by atoms with Gasteiger partial charge in [-0.3, -0.25) is 4.98 Å². The number of nitrogens with zero attached hydrogens (tertiary/aromatic N) is 1. The van der Waals surface area contributed by atoms with E-state index in [0.717, 1.165) is 27.8 Å². The van der Waals surface area contributed by atoms with E-state index in [0.29, 0.717) is 17.9 Å². The normalized spacial score (nSPS) is 18.2. The summed E-state index contributed by atoms with van der Waals surface area (Å²) in [5.74, 6) is 0.759. The van der Waals surface area contributed by atoms with Crippen LogP contribution < -0.4 is 15.8 Å². The molecule has 2 heterocycles. The Bertz CT molecular complexity index is 1110. The van der Waals surface area contributed by atoms with Gasteiger partial charge in [-0.2, -0.15) is 8.78 Å². The average Bonchev–Trinajstić information content (AvgIpc) is 3.12. The van der Waals surface area contributed by atoms with Crippen molar-refractivity contribution in [3.05, 3.63) is 95.1 Å². The number of halogens is 2. The molecule has 0 spiro atoms. The summed E-state index contributed by atoms with van der Waals surface area (Å²) < 4.78 is 29.9. The van der Waals surface area contributed by atoms with Crippen molar-refractivity contribution in [1.82, 2.24) is 10.3 Å². The van der Waals surface area contributed by atoms with Gasteiger partial charge in [0, 0.05) is 24.5 Å². The van der Waals surface area contributed by atoms with Gasteiger partial charge in [-0.25, -0.2) is 0 Å². The molecule has 0 saturated heterocycles. The number of nitrogens with one attached hydrogen (secondary N) is 1. The molecule has 1 atom stereocenters. The zero-order valence-corrected chi connectivity index (χ0v) is 16.8. The van der Waals surface area contributed by atoms with Crippen LogP contribution in [0.25, 0.3) is 11.1 Å². The molecule has 0 saturated carbocycles. The molecule has 154 valence electrons. The van der Waals surface area contributed by atoms with Crippen molar-refractivity contribution >= 4 is 0 Å². The predicted octanol–water partition coefficient (Wildman–Crippen LogP) is 4.66. The standard InChI is InChI=1S/C24H23F2N3O/c1-15-8-18(13-28-12-15)17-4-3-5-19(10-17)24(11-22(27)29-14-24)20-6-7-21(16(2)9-20)30-23(25)26/h3-13,23,29H,14,27H2,1-2H3. The second-order valence-corrected chi connectivity index (χ2v) is 7.62. The number of hydrogen-bond donors (Lipinski definition) is 2. The summed E-state index contributed by atoms with van der Waals surface area (Å²) in [5, 5.41) is 3.22. The first-order chi connectivity index (χ1) is 14.4. The molecule has 4 nitrogen and oxygen atoms in total. The Labute approximate surface area is 174 Å². The van der Waals surface area contributed by atoms with Crippen LogP contribution in [0.3, 0.4) is 0 Å². The lowest BCUT2D eigenvalue weighted by Gasteiger charge is -2.29. The summed E-state index contributed by atoms with van der Waals surface area (Å²) in [6, 6.07) is 15.6. The smallest absolute Gasteiger partial charge is 0.387 e. The van der Waals surface area contributed by atoms with Gasteiger partial charge in [-0.05, 0) is 65.9 Å². The van der Waals surface area contributed by atoms with Gasteiger partial charge in [-0.1, -0.05) is 30.3 Å². The maximum atomic E-state index is 12.7. The Hall–Kier alpha value is -3.41. The number of benzene rings is 2. The van der Waals surface area contributed by atoms with Gasteiger partial charge < -0.3 is 15.8 Å². The minimum Gasteiger partial charge on any atom is -0.435 e. The van der Waals surface area contributed by atoms with Crippen molar-refractivity contribution in [3.8, 4) is 16.9 Å². The highest BCUT2D eigenvalue weighted by Crippen LogP contribution is 2.40. The minimum atomic E-state index is -2.85. The van der Waals surface area contributed by atoms with Gasteiger partial charge in [0.15, 0.2) is 0 Å². The van der Waals surface area contributed by atoms with Crippen LogP contribution >= 0.6 is 0 Å². The number of ether oxygens (including phenoxy) is 1. The van der Waals surface area contributed by atoms with Crippen LogP contribution in [0.15, 0.2) is 72.8 Å². The number of hydrogen-bond acceptors (Lipinski definition) is 4. The number of aryl methyl sites for hydroxylation is 2. The summed E-state index contributed by atoms with van der Waals surface area (Å²) in [5.41, 5.74) is 11.4. The molecule has 0 fully saturated rings. The summed E-state index contributed by atoms with van der Waals surface area (Å²) in [6.07, 6.45) is 5.66. The Morgan fingerprint density at radius 3 is 2.50 bits per heavy atom. The molecular weight excluding hydrogens is 384 g/mol. The van der Waals surface area contributed by atoms with Crippen molar-refractivity contribution in [1.29, 1.82) is 0 Å². The molecule has 1 aliphatic heterocycles. The third-order valence-electron chi connectivity index (χ3n) is 5.47. The number of pyridine rings is 1. The fraction of sp³-hybridized carbons (Fsp3) is 0.208. The third-order valence-corrected chi connectivity index (χ3v) is 5.47. The van der Waals surface area contributed by atoms with Gasteiger partial charge in [-0.15, -0.1) is 0 Å². The van der Waals surface area contributed by atoms with Crippen molar-refractivity contribution in [3.63, 3.8) is 0 Å². The van der Waals surface area contributed by atoms with Crippen LogP contribution in [-0.4, -0.2) is 18.1 Å². The number of rotatable bonds is 5. The quantitative estimate of drug-likeness (QED) is 0.646. The van der Waals surface area contributed by atoms with Crippen molar-refractivity contribution in [2.75, 3.05) is 6.54 Å². The van der Waals surface area contributed by atoms with Crippen molar-refractivity contribution in [2.24, 2.45) is 5.73 Å². The molecule has 3 N–H and O–H groups in total. The number of aromatic nitrogens is 1. The molecule has 6 heteroatoms. The molecule has 4 rings (SSSR count). The van der Waals surface area contributed by atoms with E-state index in [2.05, 4.69) is 33.2 Å². The predicted molar refractivity (Wildman–Crippen MR) is 113 cm³/mol. The van der Waals surface area contributed by atoms with Crippen LogP contribution in [0.4, 0.5) is 8.78 Å². The monoisotopic (exact) mass is 407 g/mol. The van der Waals surface area contributed by atoms with Gasteiger partial charge in [0.25, 0.3) is 0 Å². The lowest BCUT2D eigenvalue weighted by Crippen LogP contribution is -2.31. The SMILES string of the molecule is Cc1cncc(-c2cccc(C3(c4ccc(OC(F)F)c(C)c4)C=C(N)NC3)c2)c1. The summed E-state index contributed by atoms with van der Waals surface area (Å²) in [6.45, 7) is 1.49. The van der Waals surface area contributed by atoms with Gasteiger partial charge in [0.2, 0.25) is 0 Å². The van der Waals surface area contributed by atoms with E-state index >= 15 is 0 Å². The Morgan fingerprint density at radius 1 is 1.03 bits per heavy atom. The van der Waals surface area contributed by atoms with Crippen LogP contribution in [0.2, 0.25) is 0 Å². The molecular formula is C24H23F2N3O. The fourth-order valence-corrected chi connectivity index (χ4v) is 3.99. The second-order valence-electron chi connectivity index (χ2n) is 7.62. The largest absolute Gasteiger partial charge is 0.435 e. The molecule has 0 bridgehead atoms. The summed E-state index contributed by atoms with van der Waals surface area (Å²) in [7, 11) is 0. The maximum absolute atomic E-state index is 12.7. The van der Waals surface area contributed by atoms with Gasteiger partial charge in [0.1, 0.15) is 5.75 Å². The molecule has 0 amide bonds. The van der Waals surface area contributed by atoms with Crippen LogP contribution in [0.5, 0.6) is 5.75 Å². The molecule has 3 aromatic rings. The molecule has 30 heavy (non-hydrogen) atoms. The van der Waals surface area contributed by atoms with Crippen molar-refractivity contribution in [2.45, 2.75) is 25.9 Å². The van der Waals surface area contributed by atoms with E-state index in [1.807, 2.05) is 49.7 Å². The molecule has 1 aliphatic rings. The Morgan fingerprint density at radius 2 is 1.83 bits per heavy atom. The Kier molecular flexibility index (Phi) is 5.16. The molecule has 0 radical (unpaired) electrons. The highest BCUT2D eigenvalue weighted by atomic mass is 19.3. The number of nitrogens with two attached hydrogens (primary N) is 1. The van der Waals surface area contributed by atoms with Gasteiger partial charge >= 0.3 is 6.61 Å². The highest BCUT2D eigenvalue weighted by Gasteiger charge is 2.37. The van der Waals surface area contributed by atoms with E-state index in [1.54, 1.807) is 13.0 Å². The number of alkyl halides is 2. The van der Waals surface area contributed by atoms with E-state index in [1.165, 1.54) is 0 Å². The summed E-state index contributed by atoms with van der Waals surface area (Å²) in [4.78, 5) is 4.30. The molecule has 1 aromatic heterocycles. The Balaban J connectivity index is 1.81. The lowest BCUT2D eigenvalue weighted by molar-refractivity contribution is -0.0503. The van der Waals surface area contributed by atoms with E-state index < -0.39 is 12.0 Å². The average molecular weight is 407 g/mol. The van der Waals surface area contributed by atoms with E-state index in [9.17, 15) is 8.78 Å².